The van der Waals surface area contributed by atoms with E-state index >= 15 is 0 Å². The lowest BCUT2D eigenvalue weighted by atomic mass is 10.0. The zero-order chi connectivity index (χ0) is 15.6. The summed E-state index contributed by atoms with van der Waals surface area (Å²) in [5.41, 5.74) is 8.22. The van der Waals surface area contributed by atoms with Crippen LogP contribution < -0.4 is 11.1 Å². The normalized spacial score (nSPS) is 10.2. The molecule has 0 saturated heterocycles. The molecule has 0 saturated carbocycles. The number of hydrogen-bond acceptors (Lipinski definition) is 4. The Morgan fingerprint density at radius 3 is 2.52 bits per heavy atom. The summed E-state index contributed by atoms with van der Waals surface area (Å²) < 4.78 is 0. The van der Waals surface area contributed by atoms with Crippen molar-refractivity contribution in [1.29, 1.82) is 0 Å². The van der Waals surface area contributed by atoms with Crippen LogP contribution in [-0.4, -0.2) is 22.0 Å². The van der Waals surface area contributed by atoms with Gasteiger partial charge in [0.15, 0.2) is 0 Å². The van der Waals surface area contributed by atoms with Crippen molar-refractivity contribution in [2.24, 2.45) is 0 Å². The number of rotatable bonds is 3. The standard InChI is InChI=1S/C15H15N3O3/c1-8-5-11(6-12(9(8)2)15(20)21)18-14(19)13-4-3-10(16)7-17-13/h3-7H,16H2,1-2H3,(H,18,19)(H,20,21). The number of amides is 1. The Morgan fingerprint density at radius 2 is 1.95 bits per heavy atom. The van der Waals surface area contributed by atoms with E-state index in [1.54, 1.807) is 26.0 Å². The number of nitrogen functional groups attached to an aromatic ring is 1. The summed E-state index contributed by atoms with van der Waals surface area (Å²) in [5, 5.41) is 11.8. The number of anilines is 2. The molecule has 0 atom stereocenters. The molecule has 6 nitrogen and oxygen atoms in total. The minimum atomic E-state index is -1.03. The number of carboxylic acids is 1. The smallest absolute Gasteiger partial charge is 0.336 e. The molecule has 2 rings (SSSR count). The van der Waals surface area contributed by atoms with Crippen molar-refractivity contribution < 1.29 is 14.7 Å². The number of nitrogens with one attached hydrogen (secondary N) is 1. The minimum Gasteiger partial charge on any atom is -0.478 e. The van der Waals surface area contributed by atoms with Crippen molar-refractivity contribution in [2.45, 2.75) is 13.8 Å². The second-order valence-electron chi connectivity index (χ2n) is 4.70. The molecule has 0 aliphatic rings. The Bertz CT molecular complexity index is 709. The number of aromatic nitrogens is 1. The Kier molecular flexibility index (Phi) is 3.89. The monoisotopic (exact) mass is 285 g/mol. The van der Waals surface area contributed by atoms with Gasteiger partial charge in [0, 0.05) is 5.69 Å². The van der Waals surface area contributed by atoms with E-state index in [0.29, 0.717) is 16.9 Å². The molecule has 1 amide bonds. The molecule has 4 N–H and O–H groups in total. The number of nitrogens with zero attached hydrogens (tertiary/aromatic N) is 1. The summed E-state index contributed by atoms with van der Waals surface area (Å²) in [6.45, 7) is 3.52. The Hall–Kier alpha value is -2.89. The van der Waals surface area contributed by atoms with Crippen molar-refractivity contribution in [3.05, 3.63) is 52.8 Å². The highest BCUT2D eigenvalue weighted by Crippen LogP contribution is 2.20. The number of nitrogens with two attached hydrogens (primary N) is 1. The fourth-order valence-electron chi connectivity index (χ4n) is 1.89. The molecule has 0 fully saturated rings. The highest BCUT2D eigenvalue weighted by molar-refractivity contribution is 6.03. The van der Waals surface area contributed by atoms with Crippen LogP contribution in [0, 0.1) is 13.8 Å². The number of aromatic carboxylic acids is 1. The van der Waals surface area contributed by atoms with Gasteiger partial charge >= 0.3 is 5.97 Å². The summed E-state index contributed by atoms with van der Waals surface area (Å²) in [7, 11) is 0. The number of hydrogen-bond donors (Lipinski definition) is 3. The molecule has 0 aliphatic carbocycles. The van der Waals surface area contributed by atoms with Gasteiger partial charge < -0.3 is 16.2 Å². The van der Waals surface area contributed by atoms with Gasteiger partial charge in [0.25, 0.3) is 5.91 Å². The first-order chi connectivity index (χ1) is 9.88. The second kappa shape index (κ2) is 5.62. The zero-order valence-electron chi connectivity index (χ0n) is 11.7. The predicted molar refractivity (Wildman–Crippen MR) is 79.5 cm³/mol. The van der Waals surface area contributed by atoms with Gasteiger partial charge in [-0.2, -0.15) is 0 Å². The molecule has 0 radical (unpaired) electrons. The van der Waals surface area contributed by atoms with Crippen molar-refractivity contribution in [3.63, 3.8) is 0 Å². The molecular weight excluding hydrogens is 270 g/mol. The molecule has 6 heteroatoms. The maximum atomic E-state index is 12.0. The minimum absolute atomic E-state index is 0.163. The van der Waals surface area contributed by atoms with Gasteiger partial charge in [-0.05, 0) is 49.2 Å². The van der Waals surface area contributed by atoms with Gasteiger partial charge in [0.05, 0.1) is 17.4 Å². The van der Waals surface area contributed by atoms with E-state index in [1.165, 1.54) is 18.3 Å². The van der Waals surface area contributed by atoms with Crippen LogP contribution in [0.15, 0.2) is 30.5 Å². The molecule has 0 spiro atoms. The topological polar surface area (TPSA) is 105 Å². The van der Waals surface area contributed by atoms with Crippen LogP contribution in [-0.2, 0) is 0 Å². The highest BCUT2D eigenvalue weighted by atomic mass is 16.4. The zero-order valence-corrected chi connectivity index (χ0v) is 11.7. The van der Waals surface area contributed by atoms with E-state index in [0.717, 1.165) is 5.56 Å². The van der Waals surface area contributed by atoms with E-state index in [-0.39, 0.29) is 11.3 Å². The highest BCUT2D eigenvalue weighted by Gasteiger charge is 2.13. The molecule has 1 aromatic heterocycles. The lowest BCUT2D eigenvalue weighted by Gasteiger charge is -2.10. The lowest BCUT2D eigenvalue weighted by Crippen LogP contribution is -2.14. The van der Waals surface area contributed by atoms with Crippen molar-refractivity contribution >= 4 is 23.3 Å². The SMILES string of the molecule is Cc1cc(NC(=O)c2ccc(N)cn2)cc(C(=O)O)c1C. The van der Waals surface area contributed by atoms with E-state index in [2.05, 4.69) is 10.3 Å². The third kappa shape index (κ3) is 3.17. The lowest BCUT2D eigenvalue weighted by molar-refractivity contribution is 0.0695. The molecule has 2 aromatic rings. The maximum Gasteiger partial charge on any atom is 0.336 e. The molecule has 108 valence electrons. The van der Waals surface area contributed by atoms with E-state index in [9.17, 15) is 9.59 Å². The quantitative estimate of drug-likeness (QED) is 0.802. The average Bonchev–Trinajstić information content (AvgIpc) is 2.43. The molecule has 0 unspecified atom stereocenters. The van der Waals surface area contributed by atoms with Crippen molar-refractivity contribution in [2.75, 3.05) is 11.1 Å². The molecular formula is C15H15N3O3. The number of pyridine rings is 1. The molecule has 21 heavy (non-hydrogen) atoms. The van der Waals surface area contributed by atoms with Crippen molar-refractivity contribution in [3.8, 4) is 0 Å². The number of carboxylic acid groups (broad SMARTS) is 1. The Labute approximate surface area is 121 Å². The number of carbonyl (C=O) groups is 2. The third-order valence-corrected chi connectivity index (χ3v) is 3.17. The van der Waals surface area contributed by atoms with Gasteiger partial charge in [-0.15, -0.1) is 0 Å². The van der Waals surface area contributed by atoms with Crippen LogP contribution in [0.5, 0.6) is 0 Å². The second-order valence-corrected chi connectivity index (χ2v) is 4.70. The first kappa shape index (κ1) is 14.5. The van der Waals surface area contributed by atoms with Gasteiger partial charge in [-0.25, -0.2) is 9.78 Å². The summed E-state index contributed by atoms with van der Waals surface area (Å²) in [4.78, 5) is 27.1. The van der Waals surface area contributed by atoms with Crippen LogP contribution in [0.3, 0.4) is 0 Å². The van der Waals surface area contributed by atoms with Gasteiger partial charge in [-0.1, -0.05) is 0 Å². The largest absolute Gasteiger partial charge is 0.478 e. The van der Waals surface area contributed by atoms with Gasteiger partial charge in [0.2, 0.25) is 0 Å². The third-order valence-electron chi connectivity index (χ3n) is 3.17. The molecule has 0 aliphatic heterocycles. The summed E-state index contributed by atoms with van der Waals surface area (Å²) >= 11 is 0. The van der Waals surface area contributed by atoms with Crippen molar-refractivity contribution in [1.82, 2.24) is 4.98 Å². The summed E-state index contributed by atoms with van der Waals surface area (Å²) in [5.74, 6) is -1.45. The van der Waals surface area contributed by atoms with E-state index in [4.69, 9.17) is 10.8 Å². The van der Waals surface area contributed by atoms with Crippen LogP contribution >= 0.6 is 0 Å². The fourth-order valence-corrected chi connectivity index (χ4v) is 1.89. The van der Waals surface area contributed by atoms with Crippen LogP contribution in [0.25, 0.3) is 0 Å². The number of aryl methyl sites for hydroxylation is 1. The Balaban J connectivity index is 2.29. The maximum absolute atomic E-state index is 12.0. The van der Waals surface area contributed by atoms with Gasteiger partial charge in [-0.3, -0.25) is 4.79 Å². The number of carbonyl (C=O) groups excluding carboxylic acids is 1. The fraction of sp³-hybridized carbons (Fsp3) is 0.133. The predicted octanol–water partition coefficient (Wildman–Crippen LogP) is 2.23. The molecule has 1 heterocycles. The van der Waals surface area contributed by atoms with E-state index < -0.39 is 11.9 Å². The first-order valence-corrected chi connectivity index (χ1v) is 6.26. The van der Waals surface area contributed by atoms with Crippen LogP contribution in [0.4, 0.5) is 11.4 Å². The number of benzene rings is 1. The molecule has 0 bridgehead atoms. The van der Waals surface area contributed by atoms with Crippen LogP contribution in [0.2, 0.25) is 0 Å². The first-order valence-electron chi connectivity index (χ1n) is 6.26. The summed E-state index contributed by atoms with van der Waals surface area (Å²) in [6, 6.07) is 6.23. The summed E-state index contributed by atoms with van der Waals surface area (Å²) in [6.07, 6.45) is 1.39. The molecule has 1 aromatic carbocycles. The average molecular weight is 285 g/mol. The van der Waals surface area contributed by atoms with E-state index in [1.807, 2.05) is 0 Å². The Morgan fingerprint density at radius 1 is 1.24 bits per heavy atom. The van der Waals surface area contributed by atoms with Crippen LogP contribution in [0.1, 0.15) is 32.0 Å². The van der Waals surface area contributed by atoms with Gasteiger partial charge in [0.1, 0.15) is 5.69 Å².